The Bertz CT molecular complexity index is 289. The van der Waals surface area contributed by atoms with Crippen LogP contribution in [0.1, 0.15) is 61.8 Å². The zero-order chi connectivity index (χ0) is 15.7. The molecule has 0 spiro atoms. The van der Waals surface area contributed by atoms with Crippen molar-refractivity contribution in [3.05, 3.63) is 0 Å². The normalized spacial score (nSPS) is 32.4. The van der Waals surface area contributed by atoms with E-state index in [0.29, 0.717) is 6.42 Å². The van der Waals surface area contributed by atoms with Gasteiger partial charge in [0.1, 0.15) is 12.2 Å². The summed E-state index contributed by atoms with van der Waals surface area (Å²) < 4.78 is 0. The van der Waals surface area contributed by atoms with Gasteiger partial charge >= 0.3 is 0 Å². The molecule has 1 saturated heterocycles. The molecule has 0 bridgehead atoms. The van der Waals surface area contributed by atoms with Crippen molar-refractivity contribution in [1.29, 1.82) is 0 Å². The van der Waals surface area contributed by atoms with Crippen molar-refractivity contribution >= 4 is 0 Å². The summed E-state index contributed by atoms with van der Waals surface area (Å²) in [5.74, 6) is -1.05. The van der Waals surface area contributed by atoms with E-state index >= 15 is 0 Å². The van der Waals surface area contributed by atoms with Crippen LogP contribution < -0.4 is 0 Å². The largest absolute Gasteiger partial charge is 0.234 e. The summed E-state index contributed by atoms with van der Waals surface area (Å²) in [4.78, 5) is 31.9. The summed E-state index contributed by atoms with van der Waals surface area (Å²) in [5.41, 5.74) is -1.52. The number of rotatable bonds is 4. The van der Waals surface area contributed by atoms with Crippen molar-refractivity contribution < 1.29 is 29.3 Å². The SMILES string of the molecule is CC(C)(C)OOC1(C)COOC(C)(OOC(C)(C)C)C1. The highest BCUT2D eigenvalue weighted by atomic mass is 17.3. The minimum absolute atomic E-state index is 0.248. The monoisotopic (exact) mass is 292 g/mol. The fraction of sp³-hybridized carbons (Fsp3) is 1.00. The third kappa shape index (κ3) is 6.47. The Balaban J connectivity index is 2.60. The molecular formula is C14H28O6. The lowest BCUT2D eigenvalue weighted by Crippen LogP contribution is -2.52. The Morgan fingerprint density at radius 1 is 0.850 bits per heavy atom. The highest BCUT2D eigenvalue weighted by molar-refractivity contribution is 4.82. The molecule has 2 unspecified atom stereocenters. The van der Waals surface area contributed by atoms with Crippen LogP contribution in [0.3, 0.4) is 0 Å². The first kappa shape index (κ1) is 17.8. The van der Waals surface area contributed by atoms with E-state index in [9.17, 15) is 0 Å². The van der Waals surface area contributed by atoms with Gasteiger partial charge in [-0.05, 0) is 55.4 Å². The van der Waals surface area contributed by atoms with Crippen molar-refractivity contribution in [2.24, 2.45) is 0 Å². The molecule has 6 nitrogen and oxygen atoms in total. The Labute approximate surface area is 121 Å². The second kappa shape index (κ2) is 5.87. The molecule has 0 aromatic rings. The smallest absolute Gasteiger partial charge is 0.230 e. The summed E-state index contributed by atoms with van der Waals surface area (Å²) in [7, 11) is 0. The zero-order valence-electron chi connectivity index (χ0n) is 13.9. The van der Waals surface area contributed by atoms with Crippen LogP contribution in [0.15, 0.2) is 0 Å². The van der Waals surface area contributed by atoms with Gasteiger partial charge in [-0.25, -0.2) is 19.6 Å². The molecule has 1 heterocycles. The van der Waals surface area contributed by atoms with E-state index in [1.165, 1.54) is 0 Å². The summed E-state index contributed by atoms with van der Waals surface area (Å²) in [5, 5.41) is 0. The van der Waals surface area contributed by atoms with Crippen molar-refractivity contribution in [3.63, 3.8) is 0 Å². The number of hydrogen-bond acceptors (Lipinski definition) is 6. The van der Waals surface area contributed by atoms with Gasteiger partial charge in [-0.15, -0.1) is 0 Å². The predicted octanol–water partition coefficient (Wildman–Crippen LogP) is 3.31. The molecule has 0 radical (unpaired) electrons. The van der Waals surface area contributed by atoms with E-state index in [1.807, 2.05) is 48.5 Å². The molecule has 120 valence electrons. The Morgan fingerprint density at radius 2 is 1.35 bits per heavy atom. The molecular weight excluding hydrogens is 264 g/mol. The lowest BCUT2D eigenvalue weighted by molar-refractivity contribution is -0.562. The van der Waals surface area contributed by atoms with Gasteiger partial charge in [0.25, 0.3) is 0 Å². The van der Waals surface area contributed by atoms with Crippen LogP contribution in [-0.2, 0) is 29.3 Å². The van der Waals surface area contributed by atoms with E-state index in [4.69, 9.17) is 29.3 Å². The van der Waals surface area contributed by atoms with Gasteiger partial charge in [-0.1, -0.05) is 0 Å². The minimum atomic E-state index is -1.05. The first-order chi connectivity index (χ1) is 8.83. The summed E-state index contributed by atoms with van der Waals surface area (Å²) in [6, 6.07) is 0. The lowest BCUT2D eigenvalue weighted by atomic mass is 9.97. The fourth-order valence-electron chi connectivity index (χ4n) is 1.57. The quantitative estimate of drug-likeness (QED) is 0.585. The third-order valence-electron chi connectivity index (χ3n) is 2.26. The second-order valence-corrected chi connectivity index (χ2v) is 7.66. The van der Waals surface area contributed by atoms with Crippen LogP contribution in [0.25, 0.3) is 0 Å². The first-order valence-electron chi connectivity index (χ1n) is 6.87. The standard InChI is InChI=1S/C14H28O6/c1-11(2,3)16-18-13(7)9-14(8,19-15-10-13)20-17-12(4,5)6/h9-10H2,1-8H3. The Morgan fingerprint density at radius 3 is 1.85 bits per heavy atom. The zero-order valence-corrected chi connectivity index (χ0v) is 13.9. The van der Waals surface area contributed by atoms with Crippen LogP contribution in [0, 0.1) is 0 Å². The maximum atomic E-state index is 5.52. The molecule has 6 heteroatoms. The van der Waals surface area contributed by atoms with Crippen LogP contribution >= 0.6 is 0 Å². The van der Waals surface area contributed by atoms with Gasteiger partial charge < -0.3 is 0 Å². The van der Waals surface area contributed by atoms with Crippen molar-refractivity contribution in [2.45, 2.75) is 84.4 Å². The van der Waals surface area contributed by atoms with E-state index in [0.717, 1.165) is 0 Å². The fourth-order valence-corrected chi connectivity index (χ4v) is 1.57. The predicted molar refractivity (Wildman–Crippen MR) is 72.3 cm³/mol. The highest BCUT2D eigenvalue weighted by Gasteiger charge is 2.47. The maximum Gasteiger partial charge on any atom is 0.234 e. The molecule has 1 fully saturated rings. The topological polar surface area (TPSA) is 55.4 Å². The molecule has 0 aromatic heterocycles. The molecule has 20 heavy (non-hydrogen) atoms. The first-order valence-corrected chi connectivity index (χ1v) is 6.87. The highest BCUT2D eigenvalue weighted by Crippen LogP contribution is 2.35. The van der Waals surface area contributed by atoms with Gasteiger partial charge in [0, 0.05) is 6.42 Å². The van der Waals surface area contributed by atoms with E-state index < -0.39 is 22.6 Å². The minimum Gasteiger partial charge on any atom is -0.230 e. The van der Waals surface area contributed by atoms with Crippen LogP contribution in [0.4, 0.5) is 0 Å². The van der Waals surface area contributed by atoms with Crippen LogP contribution in [0.5, 0.6) is 0 Å². The van der Waals surface area contributed by atoms with Gasteiger partial charge in [0.15, 0.2) is 0 Å². The Kier molecular flexibility index (Phi) is 5.22. The summed E-state index contributed by atoms with van der Waals surface area (Å²) in [6.07, 6.45) is 0.409. The Hall–Kier alpha value is -0.240. The molecule has 0 N–H and O–H groups in total. The molecule has 0 amide bonds. The molecule has 1 aliphatic heterocycles. The molecule has 0 aromatic carbocycles. The average molecular weight is 292 g/mol. The third-order valence-corrected chi connectivity index (χ3v) is 2.26. The summed E-state index contributed by atoms with van der Waals surface area (Å²) in [6.45, 7) is 15.3. The van der Waals surface area contributed by atoms with Crippen molar-refractivity contribution in [1.82, 2.24) is 0 Å². The number of hydrogen-bond donors (Lipinski definition) is 0. The van der Waals surface area contributed by atoms with Gasteiger partial charge in [0.05, 0.1) is 11.2 Å². The second-order valence-electron chi connectivity index (χ2n) is 7.66. The molecule has 1 aliphatic rings. The van der Waals surface area contributed by atoms with E-state index in [-0.39, 0.29) is 6.61 Å². The van der Waals surface area contributed by atoms with Gasteiger partial charge in [-0.2, -0.15) is 9.78 Å². The van der Waals surface area contributed by atoms with Crippen molar-refractivity contribution in [3.8, 4) is 0 Å². The molecule has 2 atom stereocenters. The summed E-state index contributed by atoms with van der Waals surface area (Å²) >= 11 is 0. The van der Waals surface area contributed by atoms with Crippen molar-refractivity contribution in [2.75, 3.05) is 6.61 Å². The molecule has 0 saturated carbocycles. The van der Waals surface area contributed by atoms with Gasteiger partial charge in [0.2, 0.25) is 5.79 Å². The van der Waals surface area contributed by atoms with E-state index in [1.54, 1.807) is 6.92 Å². The molecule has 1 rings (SSSR count). The van der Waals surface area contributed by atoms with Crippen LogP contribution in [0.2, 0.25) is 0 Å². The van der Waals surface area contributed by atoms with Gasteiger partial charge in [-0.3, -0.25) is 0 Å². The lowest BCUT2D eigenvalue weighted by Gasteiger charge is -2.41. The maximum absolute atomic E-state index is 5.52. The average Bonchev–Trinajstić information content (AvgIpc) is 2.22. The molecule has 0 aliphatic carbocycles. The van der Waals surface area contributed by atoms with E-state index in [2.05, 4.69) is 0 Å². The van der Waals surface area contributed by atoms with Crippen LogP contribution in [-0.4, -0.2) is 29.2 Å².